The van der Waals surface area contributed by atoms with Crippen molar-refractivity contribution in [1.29, 1.82) is 0 Å². The van der Waals surface area contributed by atoms with Gasteiger partial charge in [-0.2, -0.15) is 0 Å². The molecule has 0 radical (unpaired) electrons. The monoisotopic (exact) mass is 349 g/mol. The molecule has 0 aliphatic carbocycles. The molecule has 1 aromatic rings. The Kier molecular flexibility index (Phi) is 8.19. The van der Waals surface area contributed by atoms with Crippen LogP contribution in [0.5, 0.6) is 0 Å². The molecule has 2 heteroatoms. The third-order valence-corrected chi connectivity index (χ3v) is 6.10. The topological polar surface area (TPSA) is 26.0 Å². The van der Waals surface area contributed by atoms with E-state index in [0.29, 0.717) is 5.41 Å². The zero-order chi connectivity index (χ0) is 18.4. The number of nitrogens with two attached hydrogens (primary N) is 1. The van der Waals surface area contributed by atoms with E-state index in [0.717, 1.165) is 18.0 Å². The summed E-state index contributed by atoms with van der Waals surface area (Å²) in [5.74, 6) is 2.00. The highest BCUT2D eigenvalue weighted by atomic mass is 32.2. The van der Waals surface area contributed by atoms with Crippen molar-refractivity contribution < 1.29 is 0 Å². The SMILES string of the molecule is CCCCC(CC)CSc1ccc(C(C)(C)CC(C)(C)C)cc1N. The molecular weight excluding hydrogens is 310 g/mol. The molecule has 1 unspecified atom stereocenters. The smallest absolute Gasteiger partial charge is 0.0455 e. The average Bonchev–Trinajstić information content (AvgIpc) is 2.46. The Balaban J connectivity index is 2.77. The Morgan fingerprint density at radius 1 is 1.08 bits per heavy atom. The summed E-state index contributed by atoms with van der Waals surface area (Å²) in [4.78, 5) is 1.25. The van der Waals surface area contributed by atoms with Gasteiger partial charge in [0, 0.05) is 16.3 Å². The van der Waals surface area contributed by atoms with Crippen LogP contribution in [0.15, 0.2) is 23.1 Å². The lowest BCUT2D eigenvalue weighted by molar-refractivity contribution is 0.284. The maximum Gasteiger partial charge on any atom is 0.0455 e. The first-order chi connectivity index (χ1) is 11.1. The lowest BCUT2D eigenvalue weighted by atomic mass is 9.72. The predicted octanol–water partition coefficient (Wildman–Crippen LogP) is 7.29. The van der Waals surface area contributed by atoms with Crippen LogP contribution in [-0.2, 0) is 5.41 Å². The van der Waals surface area contributed by atoms with E-state index in [4.69, 9.17) is 5.73 Å². The lowest BCUT2D eigenvalue weighted by Gasteiger charge is -2.33. The lowest BCUT2D eigenvalue weighted by Crippen LogP contribution is -2.25. The molecule has 0 saturated heterocycles. The summed E-state index contributed by atoms with van der Waals surface area (Å²) in [5.41, 5.74) is 9.17. The van der Waals surface area contributed by atoms with Crippen molar-refractivity contribution in [2.45, 2.75) is 90.9 Å². The number of benzene rings is 1. The summed E-state index contributed by atoms with van der Waals surface area (Å²) in [5, 5.41) is 0. The zero-order valence-corrected chi connectivity index (χ0v) is 17.9. The summed E-state index contributed by atoms with van der Waals surface area (Å²) in [7, 11) is 0. The number of hydrogen-bond acceptors (Lipinski definition) is 2. The molecule has 0 spiro atoms. The van der Waals surface area contributed by atoms with Crippen molar-refractivity contribution in [2.24, 2.45) is 11.3 Å². The summed E-state index contributed by atoms with van der Waals surface area (Å²) >= 11 is 1.94. The van der Waals surface area contributed by atoms with Crippen LogP contribution in [-0.4, -0.2) is 5.75 Å². The minimum Gasteiger partial charge on any atom is -0.398 e. The molecule has 0 heterocycles. The Labute approximate surface area is 155 Å². The Morgan fingerprint density at radius 3 is 2.25 bits per heavy atom. The van der Waals surface area contributed by atoms with Crippen LogP contribution in [0.3, 0.4) is 0 Å². The molecule has 0 amide bonds. The van der Waals surface area contributed by atoms with Gasteiger partial charge in [0.1, 0.15) is 0 Å². The standard InChI is InChI=1S/C22H39NS/c1-8-10-11-17(9-2)15-24-20-13-12-18(14-19(20)23)22(6,7)16-21(3,4)5/h12-14,17H,8-11,15-16,23H2,1-7H3. The van der Waals surface area contributed by atoms with Crippen molar-refractivity contribution in [3.05, 3.63) is 23.8 Å². The highest BCUT2D eigenvalue weighted by molar-refractivity contribution is 7.99. The van der Waals surface area contributed by atoms with E-state index in [9.17, 15) is 0 Å². The van der Waals surface area contributed by atoms with Crippen molar-refractivity contribution in [2.75, 3.05) is 11.5 Å². The van der Waals surface area contributed by atoms with E-state index in [-0.39, 0.29) is 5.41 Å². The Morgan fingerprint density at radius 2 is 1.75 bits per heavy atom. The average molecular weight is 350 g/mol. The minimum absolute atomic E-state index is 0.155. The van der Waals surface area contributed by atoms with Gasteiger partial charge in [-0.1, -0.05) is 73.8 Å². The van der Waals surface area contributed by atoms with Gasteiger partial charge >= 0.3 is 0 Å². The van der Waals surface area contributed by atoms with Crippen LogP contribution in [0.25, 0.3) is 0 Å². The van der Waals surface area contributed by atoms with Crippen molar-refractivity contribution >= 4 is 17.4 Å². The van der Waals surface area contributed by atoms with Gasteiger partial charge in [0.2, 0.25) is 0 Å². The van der Waals surface area contributed by atoms with Gasteiger partial charge in [-0.15, -0.1) is 11.8 Å². The van der Waals surface area contributed by atoms with Gasteiger partial charge in [0.25, 0.3) is 0 Å². The second kappa shape index (κ2) is 9.17. The largest absolute Gasteiger partial charge is 0.398 e. The maximum absolute atomic E-state index is 6.39. The predicted molar refractivity (Wildman–Crippen MR) is 112 cm³/mol. The quantitative estimate of drug-likeness (QED) is 0.374. The third kappa shape index (κ3) is 7.09. The molecule has 1 rings (SSSR count). The normalized spacial score (nSPS) is 14.0. The van der Waals surface area contributed by atoms with Gasteiger partial charge in [-0.25, -0.2) is 0 Å². The molecule has 0 aliphatic heterocycles. The number of thioether (sulfide) groups is 1. The molecule has 24 heavy (non-hydrogen) atoms. The van der Waals surface area contributed by atoms with Gasteiger partial charge in [0.15, 0.2) is 0 Å². The second-order valence-corrected chi connectivity index (χ2v) is 10.2. The van der Waals surface area contributed by atoms with Gasteiger partial charge in [-0.3, -0.25) is 0 Å². The molecular formula is C22H39NS. The van der Waals surface area contributed by atoms with Crippen LogP contribution in [0.2, 0.25) is 0 Å². The molecule has 1 aromatic carbocycles. The summed E-state index contributed by atoms with van der Waals surface area (Å²) in [6.07, 6.45) is 6.40. The minimum atomic E-state index is 0.155. The molecule has 1 nitrogen and oxygen atoms in total. The molecule has 0 aromatic heterocycles. The van der Waals surface area contributed by atoms with Gasteiger partial charge < -0.3 is 5.73 Å². The number of hydrogen-bond donors (Lipinski definition) is 1. The first-order valence-electron chi connectivity index (χ1n) is 9.62. The molecule has 2 N–H and O–H groups in total. The van der Waals surface area contributed by atoms with Crippen LogP contribution in [0.1, 0.15) is 86.1 Å². The fourth-order valence-corrected chi connectivity index (χ4v) is 4.84. The Bertz CT molecular complexity index is 499. The molecule has 0 fully saturated rings. The van der Waals surface area contributed by atoms with E-state index in [1.807, 2.05) is 11.8 Å². The molecule has 1 atom stereocenters. The van der Waals surface area contributed by atoms with Gasteiger partial charge in [0.05, 0.1) is 0 Å². The van der Waals surface area contributed by atoms with Crippen molar-refractivity contribution in [1.82, 2.24) is 0 Å². The van der Waals surface area contributed by atoms with Crippen LogP contribution in [0.4, 0.5) is 5.69 Å². The summed E-state index contributed by atoms with van der Waals surface area (Å²) in [6.45, 7) is 16.2. The highest BCUT2D eigenvalue weighted by Gasteiger charge is 2.27. The van der Waals surface area contributed by atoms with Crippen LogP contribution in [0, 0.1) is 11.3 Å². The Hall–Kier alpha value is -0.630. The molecule has 0 saturated carbocycles. The number of rotatable bonds is 9. The number of unbranched alkanes of at least 4 members (excludes halogenated alkanes) is 1. The maximum atomic E-state index is 6.39. The third-order valence-electron chi connectivity index (χ3n) is 4.78. The second-order valence-electron chi connectivity index (χ2n) is 9.10. The van der Waals surface area contributed by atoms with Crippen molar-refractivity contribution in [3.63, 3.8) is 0 Å². The summed E-state index contributed by atoms with van der Waals surface area (Å²) in [6, 6.07) is 6.74. The van der Waals surface area contributed by atoms with E-state index in [1.54, 1.807) is 0 Å². The fourth-order valence-electron chi connectivity index (χ4n) is 3.63. The first kappa shape index (κ1) is 21.4. The van der Waals surface area contributed by atoms with Crippen LogP contribution < -0.4 is 5.73 Å². The van der Waals surface area contributed by atoms with Crippen LogP contribution >= 0.6 is 11.8 Å². The summed E-state index contributed by atoms with van der Waals surface area (Å²) < 4.78 is 0. The van der Waals surface area contributed by atoms with Crippen molar-refractivity contribution in [3.8, 4) is 0 Å². The molecule has 0 bridgehead atoms. The van der Waals surface area contributed by atoms with E-state index in [2.05, 4.69) is 66.7 Å². The molecule has 0 aliphatic rings. The van der Waals surface area contributed by atoms with E-state index >= 15 is 0 Å². The molecule has 138 valence electrons. The first-order valence-corrected chi connectivity index (χ1v) is 10.6. The van der Waals surface area contributed by atoms with E-state index in [1.165, 1.54) is 41.9 Å². The number of anilines is 1. The zero-order valence-electron chi connectivity index (χ0n) is 17.0. The van der Waals surface area contributed by atoms with Gasteiger partial charge in [-0.05, 0) is 47.3 Å². The van der Waals surface area contributed by atoms with E-state index < -0.39 is 0 Å². The number of nitrogen functional groups attached to an aromatic ring is 1. The highest BCUT2D eigenvalue weighted by Crippen LogP contribution is 2.38. The fraction of sp³-hybridized carbons (Fsp3) is 0.727.